The Labute approximate surface area is 133 Å². The second-order valence-electron chi connectivity index (χ2n) is 4.63. The Morgan fingerprint density at radius 3 is 2.62 bits per heavy atom. The van der Waals surface area contributed by atoms with Crippen molar-refractivity contribution < 1.29 is 13.2 Å². The molecular weight excluding hydrogens is 365 g/mol. The number of nitrogens with two attached hydrogens (primary N) is 1. The minimum absolute atomic E-state index is 0.0346. The van der Waals surface area contributed by atoms with Crippen LogP contribution in [0.2, 0.25) is 0 Å². The molecule has 3 N–H and O–H groups in total. The summed E-state index contributed by atoms with van der Waals surface area (Å²) in [6.45, 7) is 0. The van der Waals surface area contributed by atoms with Crippen molar-refractivity contribution in [2.45, 2.75) is 25.1 Å². The van der Waals surface area contributed by atoms with Gasteiger partial charge in [-0.1, -0.05) is 22.0 Å². The minimum Gasteiger partial charge on any atom is -0.271 e. The summed E-state index contributed by atoms with van der Waals surface area (Å²) < 4.78 is 38.8. The predicted octanol–water partition coefficient (Wildman–Crippen LogP) is 4.67. The summed E-state index contributed by atoms with van der Waals surface area (Å²) >= 11 is 4.53. The maximum atomic E-state index is 12.9. The van der Waals surface area contributed by atoms with E-state index in [0.717, 1.165) is 18.1 Å². The van der Waals surface area contributed by atoms with Gasteiger partial charge in [0.25, 0.3) is 0 Å². The van der Waals surface area contributed by atoms with Gasteiger partial charge in [-0.3, -0.25) is 11.3 Å². The monoisotopic (exact) mass is 378 g/mol. The predicted molar refractivity (Wildman–Crippen MR) is 81.8 cm³/mol. The van der Waals surface area contributed by atoms with E-state index in [0.29, 0.717) is 12.0 Å². The number of aryl methyl sites for hydroxylation is 1. The largest absolute Gasteiger partial charge is 0.417 e. The van der Waals surface area contributed by atoms with Crippen LogP contribution in [0.4, 0.5) is 13.2 Å². The van der Waals surface area contributed by atoms with Gasteiger partial charge in [0, 0.05) is 10.5 Å². The molecule has 2 aromatic rings. The smallest absolute Gasteiger partial charge is 0.271 e. The molecule has 0 aliphatic rings. The summed E-state index contributed by atoms with van der Waals surface area (Å²) in [6, 6.07) is 5.88. The van der Waals surface area contributed by atoms with Crippen molar-refractivity contribution in [2.75, 3.05) is 0 Å². The highest BCUT2D eigenvalue weighted by Crippen LogP contribution is 2.36. The van der Waals surface area contributed by atoms with Crippen LogP contribution in [0.3, 0.4) is 0 Å². The third-order valence-electron chi connectivity index (χ3n) is 3.20. The Morgan fingerprint density at radius 2 is 2.05 bits per heavy atom. The van der Waals surface area contributed by atoms with Crippen molar-refractivity contribution in [1.29, 1.82) is 0 Å². The van der Waals surface area contributed by atoms with Crippen LogP contribution in [0.1, 0.15) is 29.2 Å². The minimum atomic E-state index is -4.39. The molecule has 0 spiro atoms. The molecule has 0 amide bonds. The van der Waals surface area contributed by atoms with Gasteiger partial charge in [0.05, 0.1) is 5.56 Å². The molecule has 1 aromatic carbocycles. The van der Waals surface area contributed by atoms with E-state index in [1.165, 1.54) is 6.07 Å². The molecule has 7 heteroatoms. The maximum Gasteiger partial charge on any atom is 0.417 e. The summed E-state index contributed by atoms with van der Waals surface area (Å²) in [5.74, 6) is 5.50. The van der Waals surface area contributed by atoms with Gasteiger partial charge in [0.2, 0.25) is 0 Å². The third-order valence-corrected chi connectivity index (χ3v) is 4.62. The molecule has 0 radical (unpaired) electrons. The van der Waals surface area contributed by atoms with Crippen LogP contribution in [-0.2, 0) is 12.6 Å². The standard InChI is InChI=1S/C14H14BrF3N2S/c15-12-3-2-10(7-11(12)14(16,17)18)13(20-19)4-1-9-5-6-21-8-9/h2-3,5-8,13,20H,1,4,19H2. The first kappa shape index (κ1) is 16.5. The van der Waals surface area contributed by atoms with Crippen LogP contribution in [0.5, 0.6) is 0 Å². The van der Waals surface area contributed by atoms with Crippen molar-refractivity contribution >= 4 is 27.3 Å². The quantitative estimate of drug-likeness (QED) is 0.586. The van der Waals surface area contributed by atoms with Gasteiger partial charge in [0.15, 0.2) is 0 Å². The van der Waals surface area contributed by atoms with Crippen molar-refractivity contribution in [3.63, 3.8) is 0 Å². The SMILES string of the molecule is NNC(CCc1ccsc1)c1ccc(Br)c(C(F)(F)F)c1. The fourth-order valence-electron chi connectivity index (χ4n) is 2.07. The van der Waals surface area contributed by atoms with Crippen LogP contribution < -0.4 is 11.3 Å². The molecule has 2 rings (SSSR count). The average Bonchev–Trinajstić information content (AvgIpc) is 2.93. The zero-order valence-electron chi connectivity index (χ0n) is 11.0. The van der Waals surface area contributed by atoms with Gasteiger partial charge < -0.3 is 0 Å². The molecule has 114 valence electrons. The zero-order chi connectivity index (χ0) is 15.5. The maximum absolute atomic E-state index is 12.9. The molecule has 0 bridgehead atoms. The second-order valence-corrected chi connectivity index (χ2v) is 6.26. The normalized spacial score (nSPS) is 13.4. The van der Waals surface area contributed by atoms with E-state index in [1.54, 1.807) is 17.4 Å². The highest BCUT2D eigenvalue weighted by atomic mass is 79.9. The second kappa shape index (κ2) is 6.91. The molecule has 1 heterocycles. The van der Waals surface area contributed by atoms with Crippen LogP contribution in [-0.4, -0.2) is 0 Å². The van der Waals surface area contributed by atoms with Gasteiger partial charge in [-0.25, -0.2) is 0 Å². The lowest BCUT2D eigenvalue weighted by atomic mass is 9.99. The lowest BCUT2D eigenvalue weighted by Gasteiger charge is -2.18. The number of alkyl halides is 3. The summed E-state index contributed by atoms with van der Waals surface area (Å²) in [5.41, 5.74) is 3.61. The average molecular weight is 379 g/mol. The number of hydrogen-bond acceptors (Lipinski definition) is 3. The topological polar surface area (TPSA) is 38.0 Å². The summed E-state index contributed by atoms with van der Waals surface area (Å²) in [5, 5.41) is 4.00. The van der Waals surface area contributed by atoms with Crippen molar-refractivity contribution in [3.05, 3.63) is 56.2 Å². The Morgan fingerprint density at radius 1 is 1.29 bits per heavy atom. The lowest BCUT2D eigenvalue weighted by molar-refractivity contribution is -0.138. The molecule has 1 atom stereocenters. The highest BCUT2D eigenvalue weighted by molar-refractivity contribution is 9.10. The molecule has 1 aromatic heterocycles. The van der Waals surface area contributed by atoms with Crippen LogP contribution in [0, 0.1) is 0 Å². The van der Waals surface area contributed by atoms with Crippen molar-refractivity contribution in [1.82, 2.24) is 5.43 Å². The Hall–Kier alpha value is -0.890. The molecule has 1 unspecified atom stereocenters. The van der Waals surface area contributed by atoms with Crippen LogP contribution in [0.25, 0.3) is 0 Å². The van der Waals surface area contributed by atoms with E-state index in [9.17, 15) is 13.2 Å². The molecule has 0 fully saturated rings. The molecule has 0 aliphatic heterocycles. The Bertz CT molecular complexity index is 584. The van der Waals surface area contributed by atoms with Crippen LogP contribution >= 0.6 is 27.3 Å². The van der Waals surface area contributed by atoms with E-state index in [-0.39, 0.29) is 10.5 Å². The number of halogens is 4. The zero-order valence-corrected chi connectivity index (χ0v) is 13.4. The number of benzene rings is 1. The van der Waals surface area contributed by atoms with Gasteiger partial charge in [-0.05, 0) is 52.9 Å². The summed E-state index contributed by atoms with van der Waals surface area (Å²) in [7, 11) is 0. The lowest BCUT2D eigenvalue weighted by Crippen LogP contribution is -2.28. The molecule has 0 aliphatic carbocycles. The number of hydrazine groups is 1. The number of rotatable bonds is 5. The Kier molecular flexibility index (Phi) is 5.43. The molecule has 0 saturated heterocycles. The van der Waals surface area contributed by atoms with Crippen molar-refractivity contribution in [2.24, 2.45) is 5.84 Å². The van der Waals surface area contributed by atoms with Crippen molar-refractivity contribution in [3.8, 4) is 0 Å². The van der Waals surface area contributed by atoms with Gasteiger partial charge >= 0.3 is 6.18 Å². The Balaban J connectivity index is 2.18. The first-order chi connectivity index (χ1) is 9.91. The van der Waals surface area contributed by atoms with Gasteiger partial charge in [0.1, 0.15) is 0 Å². The first-order valence-electron chi connectivity index (χ1n) is 6.25. The molecule has 2 nitrogen and oxygen atoms in total. The van der Waals surface area contributed by atoms with Gasteiger partial charge in [-0.15, -0.1) is 0 Å². The van der Waals surface area contributed by atoms with E-state index >= 15 is 0 Å². The number of thiophene rings is 1. The van der Waals surface area contributed by atoms with E-state index in [4.69, 9.17) is 5.84 Å². The van der Waals surface area contributed by atoms with E-state index < -0.39 is 11.7 Å². The first-order valence-corrected chi connectivity index (χ1v) is 7.99. The van der Waals surface area contributed by atoms with E-state index in [1.807, 2.05) is 16.8 Å². The fourth-order valence-corrected chi connectivity index (χ4v) is 3.24. The molecular formula is C14H14BrF3N2S. The fraction of sp³-hybridized carbons (Fsp3) is 0.286. The third kappa shape index (κ3) is 4.29. The van der Waals surface area contributed by atoms with Gasteiger partial charge in [-0.2, -0.15) is 24.5 Å². The molecule has 21 heavy (non-hydrogen) atoms. The number of hydrogen-bond donors (Lipinski definition) is 2. The summed E-state index contributed by atoms with van der Waals surface area (Å²) in [6.07, 6.45) is -3.00. The molecule has 0 saturated carbocycles. The van der Waals surface area contributed by atoms with Crippen LogP contribution in [0.15, 0.2) is 39.5 Å². The highest BCUT2D eigenvalue weighted by Gasteiger charge is 2.33. The van der Waals surface area contributed by atoms with E-state index in [2.05, 4.69) is 21.4 Å². The summed E-state index contributed by atoms with van der Waals surface area (Å²) in [4.78, 5) is 0. The number of nitrogens with one attached hydrogen (secondary N) is 1.